The molecule has 1 aromatic rings. The summed E-state index contributed by atoms with van der Waals surface area (Å²) in [6.07, 6.45) is 1.03. The fourth-order valence-corrected chi connectivity index (χ4v) is 4.28. The number of rotatable bonds is 4. The first-order valence-electron chi connectivity index (χ1n) is 9.10. The number of ether oxygens (including phenoxy) is 1. The van der Waals surface area contributed by atoms with Crippen molar-refractivity contribution in [3.8, 4) is 0 Å². The molecular weight excluding hydrogens is 362 g/mol. The summed E-state index contributed by atoms with van der Waals surface area (Å²) in [5.41, 5.74) is 2.90. The van der Waals surface area contributed by atoms with Gasteiger partial charge in [0, 0.05) is 23.9 Å². The van der Waals surface area contributed by atoms with Crippen molar-refractivity contribution < 1.29 is 14.3 Å². The molecule has 1 saturated heterocycles. The minimum Gasteiger partial charge on any atom is -0.466 e. The van der Waals surface area contributed by atoms with Crippen LogP contribution in [0.15, 0.2) is 40.5 Å². The third kappa shape index (κ3) is 4.03. The molecule has 0 bridgehead atoms. The minimum atomic E-state index is -0.368. The van der Waals surface area contributed by atoms with Gasteiger partial charge in [0.2, 0.25) is 5.91 Å². The normalized spacial score (nSPS) is 19.5. The van der Waals surface area contributed by atoms with Crippen LogP contribution in [0.2, 0.25) is 0 Å². The number of anilines is 1. The number of methoxy groups -OCH3 is 1. The van der Waals surface area contributed by atoms with E-state index in [4.69, 9.17) is 4.74 Å². The molecule has 27 heavy (non-hydrogen) atoms. The number of esters is 1. The molecule has 0 aliphatic carbocycles. The molecule has 0 radical (unpaired) electrons. The first-order chi connectivity index (χ1) is 12.9. The average molecular weight is 388 g/mol. The summed E-state index contributed by atoms with van der Waals surface area (Å²) in [7, 11) is 1.39. The molecule has 6 nitrogen and oxygen atoms in total. The average Bonchev–Trinajstić information content (AvgIpc) is 2.66. The Morgan fingerprint density at radius 1 is 1.37 bits per heavy atom. The maximum atomic E-state index is 12.5. The molecule has 1 fully saturated rings. The molecule has 0 saturated carbocycles. The summed E-state index contributed by atoms with van der Waals surface area (Å²) in [6, 6.07) is 7.41. The minimum absolute atomic E-state index is 0.0357. The number of hydrogen-bond donors (Lipinski definition) is 1. The number of carbonyl (C=O) groups excluding carboxylic acids is 2. The molecule has 0 spiro atoms. The van der Waals surface area contributed by atoms with Gasteiger partial charge in [-0.2, -0.15) is 0 Å². The smallest absolute Gasteiger partial charge is 0.338 e. The van der Waals surface area contributed by atoms with Gasteiger partial charge in [0.15, 0.2) is 5.17 Å². The van der Waals surface area contributed by atoms with Gasteiger partial charge in [-0.15, -0.1) is 0 Å². The molecule has 7 heteroatoms. The van der Waals surface area contributed by atoms with Crippen molar-refractivity contribution in [2.45, 2.75) is 33.2 Å². The van der Waals surface area contributed by atoms with Crippen LogP contribution in [0.3, 0.4) is 0 Å². The fraction of sp³-hybridized carbons (Fsp3) is 0.450. The van der Waals surface area contributed by atoms with Crippen molar-refractivity contribution >= 4 is 34.5 Å². The Morgan fingerprint density at radius 3 is 2.85 bits per heavy atom. The number of carbonyl (C=O) groups is 2. The van der Waals surface area contributed by atoms with Gasteiger partial charge in [-0.25, -0.2) is 9.79 Å². The molecule has 144 valence electrons. The highest BCUT2D eigenvalue weighted by molar-refractivity contribution is 8.13. The van der Waals surface area contributed by atoms with Gasteiger partial charge >= 0.3 is 5.97 Å². The summed E-state index contributed by atoms with van der Waals surface area (Å²) in [6.45, 7) is 6.39. The number of aliphatic imine (C=N–C) groups is 1. The van der Waals surface area contributed by atoms with Crippen molar-refractivity contribution in [3.05, 3.63) is 41.1 Å². The van der Waals surface area contributed by atoms with E-state index in [-0.39, 0.29) is 23.8 Å². The Labute approximate surface area is 164 Å². The lowest BCUT2D eigenvalue weighted by atomic mass is 9.94. The van der Waals surface area contributed by atoms with E-state index in [9.17, 15) is 9.59 Å². The second-order valence-corrected chi connectivity index (χ2v) is 8.01. The number of thioether (sulfide) groups is 1. The first kappa shape index (κ1) is 19.5. The zero-order valence-corrected chi connectivity index (χ0v) is 16.9. The molecule has 1 unspecified atom stereocenters. The Balaban J connectivity index is 2.02. The second-order valence-electron chi connectivity index (χ2n) is 6.95. The predicted molar refractivity (Wildman–Crippen MR) is 109 cm³/mol. The van der Waals surface area contributed by atoms with Crippen LogP contribution in [0, 0.1) is 5.92 Å². The van der Waals surface area contributed by atoms with Crippen LogP contribution in [0.1, 0.15) is 38.8 Å². The van der Waals surface area contributed by atoms with Crippen molar-refractivity contribution in [1.82, 2.24) is 4.90 Å². The van der Waals surface area contributed by atoms with Crippen LogP contribution in [-0.2, 0) is 14.3 Å². The number of hydrogen-bond acceptors (Lipinski definition) is 6. The zero-order chi connectivity index (χ0) is 19.6. The van der Waals surface area contributed by atoms with Crippen LogP contribution in [0.4, 0.5) is 5.69 Å². The van der Waals surface area contributed by atoms with Crippen LogP contribution in [0.25, 0.3) is 0 Å². The SMILES string of the molecule is COC(=O)C1=C(C)N=C2SCCCN2C1c1cccc(NC(=O)C(C)C)c1. The van der Waals surface area contributed by atoms with E-state index in [0.29, 0.717) is 11.3 Å². The van der Waals surface area contributed by atoms with Crippen LogP contribution >= 0.6 is 11.8 Å². The molecule has 2 heterocycles. The van der Waals surface area contributed by atoms with E-state index in [1.165, 1.54) is 7.11 Å². The van der Waals surface area contributed by atoms with E-state index in [2.05, 4.69) is 15.2 Å². The van der Waals surface area contributed by atoms with Gasteiger partial charge in [-0.05, 0) is 31.0 Å². The lowest BCUT2D eigenvalue weighted by Gasteiger charge is -2.40. The summed E-state index contributed by atoms with van der Waals surface area (Å²) >= 11 is 1.71. The van der Waals surface area contributed by atoms with Crippen molar-refractivity contribution in [2.24, 2.45) is 10.9 Å². The maximum Gasteiger partial charge on any atom is 0.338 e. The maximum absolute atomic E-state index is 12.5. The van der Waals surface area contributed by atoms with Gasteiger partial charge in [-0.1, -0.05) is 37.7 Å². The number of fused-ring (bicyclic) bond motifs is 1. The van der Waals surface area contributed by atoms with Crippen LogP contribution in [0.5, 0.6) is 0 Å². The van der Waals surface area contributed by atoms with Crippen molar-refractivity contribution in [1.29, 1.82) is 0 Å². The largest absolute Gasteiger partial charge is 0.466 e. The van der Waals surface area contributed by atoms with Gasteiger partial charge in [0.1, 0.15) is 0 Å². The summed E-state index contributed by atoms with van der Waals surface area (Å²) in [4.78, 5) is 31.4. The topological polar surface area (TPSA) is 71.0 Å². The summed E-state index contributed by atoms with van der Waals surface area (Å²) in [5, 5.41) is 3.87. The number of nitrogens with one attached hydrogen (secondary N) is 1. The Bertz CT molecular complexity index is 816. The molecule has 2 aliphatic rings. The molecule has 1 N–H and O–H groups in total. The number of nitrogens with zero attached hydrogens (tertiary/aromatic N) is 2. The van der Waals surface area contributed by atoms with Crippen LogP contribution < -0.4 is 5.32 Å². The number of allylic oxidation sites excluding steroid dienone is 1. The number of benzene rings is 1. The molecule has 3 rings (SSSR count). The Hall–Kier alpha value is -2.28. The highest BCUT2D eigenvalue weighted by Crippen LogP contribution is 2.40. The summed E-state index contributed by atoms with van der Waals surface area (Å²) in [5.74, 6) is 0.514. The standard InChI is InChI=1S/C20H25N3O3S/c1-12(2)18(24)22-15-8-5-7-14(11-15)17-16(19(25)26-4)13(3)21-20-23(17)9-6-10-27-20/h5,7-8,11-12,17H,6,9-10H2,1-4H3,(H,22,24). The zero-order valence-electron chi connectivity index (χ0n) is 16.1. The van der Waals surface area contributed by atoms with E-state index in [1.54, 1.807) is 11.8 Å². The molecular formula is C20H25N3O3S. The van der Waals surface area contributed by atoms with E-state index >= 15 is 0 Å². The van der Waals surface area contributed by atoms with Crippen molar-refractivity contribution in [2.75, 3.05) is 24.7 Å². The Kier molecular flexibility index (Phi) is 5.89. The van der Waals surface area contributed by atoms with Gasteiger partial charge < -0.3 is 15.0 Å². The van der Waals surface area contributed by atoms with Gasteiger partial charge in [-0.3, -0.25) is 4.79 Å². The predicted octanol–water partition coefficient (Wildman–Crippen LogP) is 3.58. The van der Waals surface area contributed by atoms with E-state index < -0.39 is 0 Å². The third-order valence-electron chi connectivity index (χ3n) is 4.66. The fourth-order valence-electron chi connectivity index (χ4n) is 3.26. The molecule has 2 aliphatic heterocycles. The Morgan fingerprint density at radius 2 is 2.15 bits per heavy atom. The quantitative estimate of drug-likeness (QED) is 0.800. The van der Waals surface area contributed by atoms with Gasteiger partial charge in [0.05, 0.1) is 24.4 Å². The van der Waals surface area contributed by atoms with Gasteiger partial charge in [0.25, 0.3) is 0 Å². The lowest BCUT2D eigenvalue weighted by Crippen LogP contribution is -2.42. The highest BCUT2D eigenvalue weighted by atomic mass is 32.2. The van der Waals surface area contributed by atoms with Crippen LogP contribution in [-0.4, -0.2) is 41.4 Å². The van der Waals surface area contributed by atoms with Crippen molar-refractivity contribution in [3.63, 3.8) is 0 Å². The summed E-state index contributed by atoms with van der Waals surface area (Å²) < 4.78 is 5.05. The highest BCUT2D eigenvalue weighted by Gasteiger charge is 2.37. The lowest BCUT2D eigenvalue weighted by molar-refractivity contribution is -0.137. The van der Waals surface area contributed by atoms with E-state index in [0.717, 1.165) is 35.1 Å². The molecule has 0 aromatic heterocycles. The second kappa shape index (κ2) is 8.17. The molecule has 1 aromatic carbocycles. The number of amides is 1. The van der Waals surface area contributed by atoms with E-state index in [1.807, 2.05) is 45.0 Å². The third-order valence-corrected chi connectivity index (χ3v) is 5.73. The number of amidine groups is 1. The molecule has 1 amide bonds. The first-order valence-corrected chi connectivity index (χ1v) is 10.1. The monoisotopic (exact) mass is 387 g/mol. The molecule has 1 atom stereocenters.